The molecule has 36 heavy (non-hydrogen) atoms. The topological polar surface area (TPSA) is 125 Å². The van der Waals surface area contributed by atoms with Crippen molar-refractivity contribution in [2.24, 2.45) is 12.8 Å². The molecule has 0 saturated carbocycles. The van der Waals surface area contributed by atoms with Crippen molar-refractivity contribution in [1.29, 1.82) is 0 Å². The minimum atomic E-state index is -1.28. The Morgan fingerprint density at radius 3 is 2.94 bits per heavy atom. The smallest absolute Gasteiger partial charge is 0.275 e. The molecule has 13 heteroatoms. The number of nitrogens with one attached hydrogen (secondary N) is 1. The summed E-state index contributed by atoms with van der Waals surface area (Å²) < 4.78 is 56.4. The number of carbonyl (C=O) groups is 1. The zero-order valence-corrected chi connectivity index (χ0v) is 20.0. The summed E-state index contributed by atoms with van der Waals surface area (Å²) in [6, 6.07) is 0.397. The van der Waals surface area contributed by atoms with Gasteiger partial charge in [-0.2, -0.15) is 5.10 Å². The molecule has 2 aliphatic rings. The van der Waals surface area contributed by atoms with E-state index in [0.717, 1.165) is 17.4 Å². The van der Waals surface area contributed by atoms with Gasteiger partial charge in [-0.15, -0.1) is 11.3 Å². The van der Waals surface area contributed by atoms with Gasteiger partial charge in [0.25, 0.3) is 5.91 Å². The van der Waals surface area contributed by atoms with Crippen LogP contribution in [0.3, 0.4) is 0 Å². The number of thiazole rings is 1. The Kier molecular flexibility index (Phi) is 6.72. The molecule has 9 nitrogen and oxygen atoms in total. The molecular weight excluding hydrogens is 499 g/mol. The van der Waals surface area contributed by atoms with Gasteiger partial charge in [0.2, 0.25) is 0 Å². The number of ether oxygens (including phenoxy) is 2. The summed E-state index contributed by atoms with van der Waals surface area (Å²) in [5.74, 6) is -2.73. The number of aromatic nitrogens is 3. The zero-order chi connectivity index (χ0) is 25.6. The van der Waals surface area contributed by atoms with Crippen LogP contribution in [0.1, 0.15) is 53.2 Å². The van der Waals surface area contributed by atoms with E-state index < -0.39 is 47.5 Å². The molecule has 1 saturated heterocycles. The molecule has 192 valence electrons. The van der Waals surface area contributed by atoms with Gasteiger partial charge in [-0.25, -0.2) is 18.2 Å². The van der Waals surface area contributed by atoms with Gasteiger partial charge in [-0.05, 0) is 18.9 Å². The van der Waals surface area contributed by atoms with Crippen LogP contribution < -0.4 is 15.8 Å². The summed E-state index contributed by atoms with van der Waals surface area (Å²) in [6.45, 7) is -0.0732. The number of hydrogen-bond acceptors (Lipinski definition) is 8. The molecule has 3 aromatic rings. The fourth-order valence-electron chi connectivity index (χ4n) is 4.40. The van der Waals surface area contributed by atoms with Gasteiger partial charge in [0, 0.05) is 30.5 Å². The number of aliphatic hydroxyl groups is 1. The lowest BCUT2D eigenvalue weighted by molar-refractivity contribution is 0.0247. The Morgan fingerprint density at radius 2 is 2.14 bits per heavy atom. The second kappa shape index (κ2) is 9.81. The second-order valence-electron chi connectivity index (χ2n) is 8.76. The largest absolute Gasteiger partial charge is 0.490 e. The molecule has 0 spiro atoms. The Labute approximate surface area is 208 Å². The van der Waals surface area contributed by atoms with Gasteiger partial charge in [0.05, 0.1) is 42.5 Å². The van der Waals surface area contributed by atoms with E-state index >= 15 is 4.39 Å². The number of aliphatic hydroxyl groups excluding tert-OH is 1. The van der Waals surface area contributed by atoms with Gasteiger partial charge in [-0.1, -0.05) is 0 Å². The molecule has 0 bridgehead atoms. The van der Waals surface area contributed by atoms with Crippen LogP contribution >= 0.6 is 11.3 Å². The van der Waals surface area contributed by atoms with Gasteiger partial charge < -0.3 is 25.6 Å². The number of aryl methyl sites for hydroxylation is 1. The molecule has 4 heterocycles. The van der Waals surface area contributed by atoms with Crippen molar-refractivity contribution in [3.63, 3.8) is 0 Å². The average Bonchev–Trinajstić information content (AvgIpc) is 3.43. The molecular formula is C23H24F3N5O4S. The summed E-state index contributed by atoms with van der Waals surface area (Å²) >= 11 is 0.891. The minimum Gasteiger partial charge on any atom is -0.490 e. The van der Waals surface area contributed by atoms with Crippen molar-refractivity contribution in [2.75, 3.05) is 18.5 Å². The summed E-state index contributed by atoms with van der Waals surface area (Å²) in [6.07, 6.45) is -0.324. The Hall–Kier alpha value is -3.00. The summed E-state index contributed by atoms with van der Waals surface area (Å²) in [7, 11) is 1.67. The van der Waals surface area contributed by atoms with Crippen LogP contribution in [0.15, 0.2) is 17.6 Å². The number of fused-ring (bicyclic) bond motifs is 1. The van der Waals surface area contributed by atoms with E-state index in [9.17, 15) is 18.7 Å². The maximum Gasteiger partial charge on any atom is 0.275 e. The standard InChI is InChI=1S/C23H24F3N5O4S/c1-31-20(17-3-2-13(27)12(25)8-35-17)14(7-28-31)29-22(33)15-9-36-23(30-15)18-11(24)6-10-16(32)4-5-34-21(10)19(18)26/h6-7,9,12-13,16-17,32H,2-5,8,27H2,1H3,(H,29,33)/t12-,13-,16?,17+/m1/s1. The molecule has 1 aromatic carbocycles. The third-order valence-electron chi connectivity index (χ3n) is 6.37. The van der Waals surface area contributed by atoms with E-state index in [0.29, 0.717) is 24.2 Å². The number of anilines is 1. The third kappa shape index (κ3) is 4.47. The number of alkyl halides is 1. The summed E-state index contributed by atoms with van der Waals surface area (Å²) in [5.41, 5.74) is 6.26. The van der Waals surface area contributed by atoms with Crippen LogP contribution in [-0.2, 0) is 11.8 Å². The first-order valence-corrected chi connectivity index (χ1v) is 12.3. The lowest BCUT2D eigenvalue weighted by Crippen LogP contribution is -2.32. The highest BCUT2D eigenvalue weighted by Gasteiger charge is 2.31. The first-order chi connectivity index (χ1) is 17.2. The van der Waals surface area contributed by atoms with Crippen LogP contribution in [0, 0.1) is 11.6 Å². The molecule has 2 aromatic heterocycles. The van der Waals surface area contributed by atoms with Crippen molar-refractivity contribution in [1.82, 2.24) is 14.8 Å². The summed E-state index contributed by atoms with van der Waals surface area (Å²) in [4.78, 5) is 17.1. The lowest BCUT2D eigenvalue weighted by Gasteiger charge is -2.23. The molecule has 1 fully saturated rings. The van der Waals surface area contributed by atoms with Crippen molar-refractivity contribution < 1.29 is 32.5 Å². The number of benzene rings is 1. The van der Waals surface area contributed by atoms with E-state index in [1.807, 2.05) is 0 Å². The quantitative estimate of drug-likeness (QED) is 0.479. The van der Waals surface area contributed by atoms with E-state index in [-0.39, 0.29) is 41.6 Å². The molecule has 5 rings (SSSR count). The molecule has 2 aliphatic heterocycles. The first kappa shape index (κ1) is 24.7. The first-order valence-electron chi connectivity index (χ1n) is 11.4. The van der Waals surface area contributed by atoms with E-state index in [1.54, 1.807) is 7.05 Å². The van der Waals surface area contributed by atoms with Gasteiger partial charge in [-0.3, -0.25) is 9.48 Å². The number of amides is 1. The van der Waals surface area contributed by atoms with Gasteiger partial charge in [0.15, 0.2) is 11.6 Å². The van der Waals surface area contributed by atoms with Crippen LogP contribution in [0.2, 0.25) is 0 Å². The van der Waals surface area contributed by atoms with Crippen LogP contribution in [0.25, 0.3) is 10.6 Å². The van der Waals surface area contributed by atoms with Gasteiger partial charge in [0.1, 0.15) is 28.8 Å². The Bertz CT molecular complexity index is 1290. The van der Waals surface area contributed by atoms with Crippen LogP contribution in [0.4, 0.5) is 18.9 Å². The van der Waals surface area contributed by atoms with Crippen molar-refractivity contribution >= 4 is 22.9 Å². The monoisotopic (exact) mass is 523 g/mol. The summed E-state index contributed by atoms with van der Waals surface area (Å²) in [5, 5.41) is 18.2. The molecule has 1 amide bonds. The molecule has 0 radical (unpaired) electrons. The lowest BCUT2D eigenvalue weighted by atomic mass is 10.00. The molecule has 4 atom stereocenters. The highest BCUT2D eigenvalue weighted by Crippen LogP contribution is 2.41. The Balaban J connectivity index is 1.38. The number of halogens is 3. The molecule has 4 N–H and O–H groups in total. The van der Waals surface area contributed by atoms with Crippen molar-refractivity contribution in [2.45, 2.75) is 43.7 Å². The van der Waals surface area contributed by atoms with E-state index in [1.165, 1.54) is 16.3 Å². The number of carbonyl (C=O) groups excluding carboxylic acids is 1. The third-order valence-corrected chi connectivity index (χ3v) is 7.23. The fraction of sp³-hybridized carbons (Fsp3) is 0.435. The van der Waals surface area contributed by atoms with E-state index in [2.05, 4.69) is 15.4 Å². The number of nitrogens with two attached hydrogens (primary N) is 1. The van der Waals surface area contributed by atoms with Crippen molar-refractivity contribution in [3.05, 3.63) is 46.2 Å². The zero-order valence-electron chi connectivity index (χ0n) is 19.2. The molecule has 0 aliphatic carbocycles. The normalized spacial score (nSPS) is 24.1. The average molecular weight is 524 g/mol. The predicted molar refractivity (Wildman–Crippen MR) is 124 cm³/mol. The molecule has 1 unspecified atom stereocenters. The van der Waals surface area contributed by atoms with Crippen LogP contribution in [0.5, 0.6) is 5.75 Å². The van der Waals surface area contributed by atoms with Crippen LogP contribution in [-0.4, -0.2) is 51.2 Å². The maximum atomic E-state index is 15.1. The van der Waals surface area contributed by atoms with Crippen molar-refractivity contribution in [3.8, 4) is 16.3 Å². The maximum absolute atomic E-state index is 15.1. The second-order valence-corrected chi connectivity index (χ2v) is 9.62. The van der Waals surface area contributed by atoms with E-state index in [4.69, 9.17) is 15.2 Å². The minimum absolute atomic E-state index is 0.0411. The van der Waals surface area contributed by atoms with Gasteiger partial charge >= 0.3 is 0 Å². The SMILES string of the molecule is Cn1ncc(NC(=O)c2csc(-c3c(F)cc4c(c3F)OCCC4O)n2)c1[C@@H]1CC[C@@H](N)[C@H](F)CO1. The number of nitrogens with zero attached hydrogens (tertiary/aromatic N) is 3. The fourth-order valence-corrected chi connectivity index (χ4v) is 5.24. The number of hydrogen-bond donors (Lipinski definition) is 3. The highest BCUT2D eigenvalue weighted by molar-refractivity contribution is 7.13. The Morgan fingerprint density at radius 1 is 1.33 bits per heavy atom. The predicted octanol–water partition coefficient (Wildman–Crippen LogP) is 3.41. The number of rotatable bonds is 4. The highest BCUT2D eigenvalue weighted by atomic mass is 32.1.